The van der Waals surface area contributed by atoms with Crippen LogP contribution in [-0.2, 0) is 17.5 Å². The van der Waals surface area contributed by atoms with Crippen LogP contribution in [0.1, 0.15) is 37.4 Å². The lowest BCUT2D eigenvalue weighted by atomic mass is 10.1. The van der Waals surface area contributed by atoms with Gasteiger partial charge in [0.2, 0.25) is 0 Å². The first-order valence-electron chi connectivity index (χ1n) is 9.81. The van der Waals surface area contributed by atoms with Gasteiger partial charge in [0.1, 0.15) is 5.75 Å². The molecule has 160 valence electrons. The summed E-state index contributed by atoms with van der Waals surface area (Å²) in [6.45, 7) is 6.15. The Morgan fingerprint density at radius 2 is 2.03 bits per heavy atom. The summed E-state index contributed by atoms with van der Waals surface area (Å²) >= 11 is 1.38. The maximum absolute atomic E-state index is 13.5. The van der Waals surface area contributed by atoms with E-state index >= 15 is 0 Å². The molecule has 0 aliphatic carbocycles. The summed E-state index contributed by atoms with van der Waals surface area (Å²) in [6, 6.07) is 4.05. The number of thiazole rings is 1. The Labute approximate surface area is 172 Å². The van der Waals surface area contributed by atoms with Crippen molar-refractivity contribution in [2.75, 3.05) is 38.2 Å². The topological polar surface area (TPSA) is 46.6 Å². The van der Waals surface area contributed by atoms with Crippen molar-refractivity contribution >= 4 is 22.2 Å². The normalized spacial score (nSPS) is 15.4. The second-order valence-corrected chi connectivity index (χ2v) is 7.78. The highest BCUT2D eigenvalue weighted by Crippen LogP contribution is 2.38. The van der Waals surface area contributed by atoms with Crippen LogP contribution in [0.2, 0.25) is 0 Å². The van der Waals surface area contributed by atoms with Crippen molar-refractivity contribution in [1.82, 2.24) is 9.88 Å². The van der Waals surface area contributed by atoms with Crippen LogP contribution >= 0.6 is 11.3 Å². The Kier molecular flexibility index (Phi) is 7.74. The van der Waals surface area contributed by atoms with E-state index in [0.29, 0.717) is 30.6 Å². The van der Waals surface area contributed by atoms with Gasteiger partial charge in [0.15, 0.2) is 5.13 Å². The van der Waals surface area contributed by atoms with Gasteiger partial charge in [0.25, 0.3) is 0 Å². The maximum atomic E-state index is 13.5. The fraction of sp³-hybridized carbons (Fsp3) is 0.550. The smallest absolute Gasteiger partial charge is 0.420 e. The molecule has 2 aromatic rings. The molecule has 1 aliphatic rings. The molecule has 1 N–H and O–H groups in total. The van der Waals surface area contributed by atoms with E-state index in [4.69, 9.17) is 9.47 Å². The lowest BCUT2D eigenvalue weighted by molar-refractivity contribution is -0.138. The summed E-state index contributed by atoms with van der Waals surface area (Å²) in [4.78, 5) is 6.74. The molecule has 2 heterocycles. The number of morpholine rings is 1. The standard InChI is InChI=1S/C20H26F3N3O2S/c1-2-3-4-9-28-18-6-5-15(12-17(18)20(21,22)23)24-19-25-16(14-29-19)13-26-7-10-27-11-8-26/h5-6,12,14H,2-4,7-11,13H2,1H3,(H,24,25). The van der Waals surface area contributed by atoms with E-state index in [1.165, 1.54) is 17.4 Å². The SMILES string of the molecule is CCCCCOc1ccc(Nc2nc(CN3CCOCC3)cs2)cc1C(F)(F)F. The van der Waals surface area contributed by atoms with Crippen LogP contribution in [0.5, 0.6) is 5.75 Å². The van der Waals surface area contributed by atoms with Gasteiger partial charge in [-0.15, -0.1) is 11.3 Å². The number of hydrogen-bond acceptors (Lipinski definition) is 6. The second kappa shape index (κ2) is 10.3. The third-order valence-electron chi connectivity index (χ3n) is 4.58. The molecular formula is C20H26F3N3O2S. The molecule has 0 radical (unpaired) electrons. The average molecular weight is 430 g/mol. The predicted octanol–water partition coefficient (Wildman–Crippen LogP) is 5.31. The average Bonchev–Trinajstić information content (AvgIpc) is 3.13. The molecule has 9 heteroatoms. The molecule has 1 saturated heterocycles. The molecule has 0 bridgehead atoms. The van der Waals surface area contributed by atoms with Gasteiger partial charge in [0.05, 0.1) is 31.1 Å². The van der Waals surface area contributed by atoms with E-state index in [-0.39, 0.29) is 12.4 Å². The number of rotatable bonds is 9. The zero-order valence-electron chi connectivity index (χ0n) is 16.4. The van der Waals surface area contributed by atoms with Crippen molar-refractivity contribution in [3.63, 3.8) is 0 Å². The molecule has 0 atom stereocenters. The number of hydrogen-bond donors (Lipinski definition) is 1. The van der Waals surface area contributed by atoms with E-state index in [2.05, 4.69) is 15.2 Å². The number of nitrogens with one attached hydrogen (secondary N) is 1. The molecule has 0 amide bonds. The summed E-state index contributed by atoms with van der Waals surface area (Å²) in [5.74, 6) is -0.133. The van der Waals surface area contributed by atoms with Gasteiger partial charge in [-0.3, -0.25) is 4.90 Å². The molecule has 1 aromatic heterocycles. The number of aromatic nitrogens is 1. The number of nitrogens with zero attached hydrogens (tertiary/aromatic N) is 2. The summed E-state index contributed by atoms with van der Waals surface area (Å²) in [5.41, 5.74) is 0.459. The van der Waals surface area contributed by atoms with Crippen molar-refractivity contribution in [2.45, 2.75) is 38.9 Å². The van der Waals surface area contributed by atoms with Crippen LogP contribution in [0.4, 0.5) is 24.0 Å². The fourth-order valence-corrected chi connectivity index (χ4v) is 3.76. The zero-order valence-corrected chi connectivity index (χ0v) is 17.2. The number of unbranched alkanes of at least 4 members (excludes halogenated alkanes) is 2. The van der Waals surface area contributed by atoms with E-state index in [1.807, 2.05) is 12.3 Å². The maximum Gasteiger partial charge on any atom is 0.420 e. The van der Waals surface area contributed by atoms with Gasteiger partial charge in [0, 0.05) is 30.7 Å². The molecular weight excluding hydrogens is 403 g/mol. The highest BCUT2D eigenvalue weighted by molar-refractivity contribution is 7.13. The monoisotopic (exact) mass is 429 g/mol. The minimum atomic E-state index is -4.48. The highest BCUT2D eigenvalue weighted by Gasteiger charge is 2.34. The molecule has 1 aliphatic heterocycles. The van der Waals surface area contributed by atoms with Gasteiger partial charge < -0.3 is 14.8 Å². The van der Waals surface area contributed by atoms with Gasteiger partial charge >= 0.3 is 6.18 Å². The largest absolute Gasteiger partial charge is 0.493 e. The third-order valence-corrected chi connectivity index (χ3v) is 5.39. The Morgan fingerprint density at radius 3 is 2.76 bits per heavy atom. The zero-order chi connectivity index (χ0) is 20.7. The third kappa shape index (κ3) is 6.58. The molecule has 0 saturated carbocycles. The minimum absolute atomic E-state index is 0.133. The quantitative estimate of drug-likeness (QED) is 0.548. The first-order chi connectivity index (χ1) is 14.0. The Bertz CT molecular complexity index is 777. The molecule has 3 rings (SSSR count). The van der Waals surface area contributed by atoms with Crippen molar-refractivity contribution in [3.05, 3.63) is 34.8 Å². The summed E-state index contributed by atoms with van der Waals surface area (Å²) in [7, 11) is 0. The molecule has 5 nitrogen and oxygen atoms in total. The number of alkyl halides is 3. The van der Waals surface area contributed by atoms with Crippen LogP contribution in [-0.4, -0.2) is 42.8 Å². The molecule has 0 spiro atoms. The first-order valence-corrected chi connectivity index (χ1v) is 10.7. The van der Waals surface area contributed by atoms with Gasteiger partial charge in [-0.2, -0.15) is 13.2 Å². The molecule has 0 unspecified atom stereocenters. The molecule has 1 aromatic carbocycles. The second-order valence-electron chi connectivity index (χ2n) is 6.92. The van der Waals surface area contributed by atoms with Crippen molar-refractivity contribution in [2.24, 2.45) is 0 Å². The van der Waals surface area contributed by atoms with Crippen molar-refractivity contribution < 1.29 is 22.6 Å². The lowest BCUT2D eigenvalue weighted by Gasteiger charge is -2.25. The number of ether oxygens (including phenoxy) is 2. The predicted molar refractivity (Wildman–Crippen MR) is 108 cm³/mol. The Balaban J connectivity index is 1.65. The molecule has 29 heavy (non-hydrogen) atoms. The number of benzene rings is 1. The summed E-state index contributed by atoms with van der Waals surface area (Å²) in [5, 5.41) is 5.48. The first kappa shape index (κ1) is 21.9. The Hall–Kier alpha value is -1.84. The summed E-state index contributed by atoms with van der Waals surface area (Å²) < 4.78 is 51.1. The van der Waals surface area contributed by atoms with Crippen molar-refractivity contribution in [1.29, 1.82) is 0 Å². The van der Waals surface area contributed by atoms with Crippen LogP contribution in [0.3, 0.4) is 0 Å². The van der Waals surface area contributed by atoms with Crippen molar-refractivity contribution in [3.8, 4) is 5.75 Å². The molecule has 1 fully saturated rings. The van der Waals surface area contributed by atoms with Gasteiger partial charge in [-0.25, -0.2) is 4.98 Å². The number of halogens is 3. The van der Waals surface area contributed by atoms with E-state index < -0.39 is 11.7 Å². The van der Waals surface area contributed by atoms with Crippen LogP contribution in [0, 0.1) is 0 Å². The van der Waals surface area contributed by atoms with Crippen LogP contribution < -0.4 is 10.1 Å². The number of anilines is 2. The fourth-order valence-electron chi connectivity index (χ4n) is 3.04. The van der Waals surface area contributed by atoms with Gasteiger partial charge in [-0.05, 0) is 24.6 Å². The highest BCUT2D eigenvalue weighted by atomic mass is 32.1. The van der Waals surface area contributed by atoms with Crippen LogP contribution in [0.15, 0.2) is 23.6 Å². The Morgan fingerprint density at radius 1 is 1.24 bits per heavy atom. The van der Waals surface area contributed by atoms with E-state index in [9.17, 15) is 13.2 Å². The lowest BCUT2D eigenvalue weighted by Crippen LogP contribution is -2.35. The van der Waals surface area contributed by atoms with E-state index in [1.54, 1.807) is 6.07 Å². The van der Waals surface area contributed by atoms with Gasteiger partial charge in [-0.1, -0.05) is 19.8 Å². The van der Waals surface area contributed by atoms with E-state index in [0.717, 1.165) is 44.1 Å². The minimum Gasteiger partial charge on any atom is -0.493 e. The summed E-state index contributed by atoms with van der Waals surface area (Å²) in [6.07, 6.45) is -1.83. The van der Waals surface area contributed by atoms with Crippen LogP contribution in [0.25, 0.3) is 0 Å².